The molecule has 114 valence electrons. The van der Waals surface area contributed by atoms with Crippen LogP contribution in [0.4, 0.5) is 0 Å². The predicted molar refractivity (Wildman–Crippen MR) is 84.3 cm³/mol. The molecule has 3 rings (SSSR count). The fraction of sp³-hybridized carbons (Fsp3) is 0.333. The minimum Gasteiger partial charge on any atom is -0.496 e. The number of benzene rings is 1. The van der Waals surface area contributed by atoms with E-state index < -0.39 is 5.97 Å². The molecule has 22 heavy (non-hydrogen) atoms. The third-order valence-corrected chi connectivity index (χ3v) is 3.93. The molecular formula is C18H19NO3. The second-order valence-electron chi connectivity index (χ2n) is 5.61. The molecule has 1 aliphatic rings. The van der Waals surface area contributed by atoms with E-state index >= 15 is 0 Å². The Bertz CT molecular complexity index is 720. The Morgan fingerprint density at radius 2 is 1.95 bits per heavy atom. The van der Waals surface area contributed by atoms with Crippen molar-refractivity contribution in [1.29, 1.82) is 0 Å². The van der Waals surface area contributed by atoms with E-state index in [2.05, 4.69) is 17.1 Å². The molecule has 1 saturated carbocycles. The van der Waals surface area contributed by atoms with Crippen LogP contribution >= 0.6 is 0 Å². The Labute approximate surface area is 130 Å². The van der Waals surface area contributed by atoms with Crippen LogP contribution in [-0.2, 0) is 4.74 Å². The SMILES string of the molecule is COC(=O)c1cc(-c2cc(C3CC3)ccc2OC)cc(C)n1. The predicted octanol–water partition coefficient (Wildman–Crippen LogP) is 3.73. The lowest BCUT2D eigenvalue weighted by atomic mass is 9.99. The number of carbonyl (C=O) groups excluding carboxylic acids is 1. The average Bonchev–Trinajstić information content (AvgIpc) is 3.37. The average molecular weight is 297 g/mol. The molecule has 1 aliphatic carbocycles. The van der Waals surface area contributed by atoms with Crippen molar-refractivity contribution in [2.45, 2.75) is 25.7 Å². The third-order valence-electron chi connectivity index (χ3n) is 3.93. The smallest absolute Gasteiger partial charge is 0.356 e. The summed E-state index contributed by atoms with van der Waals surface area (Å²) in [5, 5.41) is 0. The molecule has 0 N–H and O–H groups in total. The van der Waals surface area contributed by atoms with Crippen molar-refractivity contribution in [3.63, 3.8) is 0 Å². The molecule has 0 radical (unpaired) electrons. The van der Waals surface area contributed by atoms with Gasteiger partial charge in [0.2, 0.25) is 0 Å². The fourth-order valence-corrected chi connectivity index (χ4v) is 2.65. The molecule has 1 fully saturated rings. The first-order valence-electron chi connectivity index (χ1n) is 7.37. The summed E-state index contributed by atoms with van der Waals surface area (Å²) in [6.45, 7) is 1.87. The maximum atomic E-state index is 11.8. The van der Waals surface area contributed by atoms with E-state index in [0.717, 1.165) is 22.6 Å². The van der Waals surface area contributed by atoms with Gasteiger partial charge in [-0.15, -0.1) is 0 Å². The molecule has 1 heterocycles. The van der Waals surface area contributed by atoms with Gasteiger partial charge in [-0.3, -0.25) is 0 Å². The summed E-state index contributed by atoms with van der Waals surface area (Å²) in [6.07, 6.45) is 2.49. The van der Waals surface area contributed by atoms with E-state index in [9.17, 15) is 4.79 Å². The Balaban J connectivity index is 2.11. The van der Waals surface area contributed by atoms with Crippen LogP contribution in [0.2, 0.25) is 0 Å². The number of hydrogen-bond acceptors (Lipinski definition) is 4. The van der Waals surface area contributed by atoms with Gasteiger partial charge in [-0.2, -0.15) is 0 Å². The van der Waals surface area contributed by atoms with Crippen LogP contribution in [0.3, 0.4) is 0 Å². The zero-order valence-electron chi connectivity index (χ0n) is 13.1. The standard InChI is InChI=1S/C18H19NO3/c1-11-8-14(10-16(19-11)18(20)22-3)15-9-13(12-4-5-12)6-7-17(15)21-2/h6-10,12H,4-5H2,1-3H3. The minimum absolute atomic E-state index is 0.316. The molecule has 0 aliphatic heterocycles. The summed E-state index contributed by atoms with van der Waals surface area (Å²) < 4.78 is 10.3. The van der Waals surface area contributed by atoms with Gasteiger partial charge in [0, 0.05) is 11.3 Å². The van der Waals surface area contributed by atoms with Crippen molar-refractivity contribution in [2.75, 3.05) is 14.2 Å². The van der Waals surface area contributed by atoms with Gasteiger partial charge >= 0.3 is 5.97 Å². The Morgan fingerprint density at radius 1 is 1.18 bits per heavy atom. The second kappa shape index (κ2) is 5.79. The third kappa shape index (κ3) is 2.82. The van der Waals surface area contributed by atoms with E-state index in [1.807, 2.05) is 19.1 Å². The summed E-state index contributed by atoms with van der Waals surface area (Å²) in [7, 11) is 3.02. The summed E-state index contributed by atoms with van der Waals surface area (Å²) >= 11 is 0. The molecule has 0 bridgehead atoms. The number of esters is 1. The van der Waals surface area contributed by atoms with Crippen LogP contribution in [0.5, 0.6) is 5.75 Å². The summed E-state index contributed by atoms with van der Waals surface area (Å²) in [6, 6.07) is 9.99. The van der Waals surface area contributed by atoms with Crippen LogP contribution in [0.15, 0.2) is 30.3 Å². The lowest BCUT2D eigenvalue weighted by Crippen LogP contribution is -2.05. The highest BCUT2D eigenvalue weighted by Gasteiger charge is 2.24. The summed E-state index contributed by atoms with van der Waals surface area (Å²) in [4.78, 5) is 16.0. The normalized spacial score (nSPS) is 13.8. The number of nitrogens with zero attached hydrogens (tertiary/aromatic N) is 1. The molecule has 1 aromatic carbocycles. The first-order valence-corrected chi connectivity index (χ1v) is 7.37. The topological polar surface area (TPSA) is 48.4 Å². The van der Waals surface area contributed by atoms with E-state index in [0.29, 0.717) is 11.6 Å². The number of hydrogen-bond donors (Lipinski definition) is 0. The second-order valence-corrected chi connectivity index (χ2v) is 5.61. The van der Waals surface area contributed by atoms with Gasteiger partial charge in [0.05, 0.1) is 14.2 Å². The van der Waals surface area contributed by atoms with Gasteiger partial charge in [0.25, 0.3) is 0 Å². The van der Waals surface area contributed by atoms with E-state index in [4.69, 9.17) is 9.47 Å². The van der Waals surface area contributed by atoms with Gasteiger partial charge in [-0.1, -0.05) is 6.07 Å². The van der Waals surface area contributed by atoms with Gasteiger partial charge in [0.1, 0.15) is 11.4 Å². The van der Waals surface area contributed by atoms with Gasteiger partial charge in [-0.25, -0.2) is 9.78 Å². The fourth-order valence-electron chi connectivity index (χ4n) is 2.65. The molecule has 4 nitrogen and oxygen atoms in total. The molecule has 0 atom stereocenters. The molecule has 0 saturated heterocycles. The zero-order chi connectivity index (χ0) is 15.7. The highest BCUT2D eigenvalue weighted by atomic mass is 16.5. The van der Waals surface area contributed by atoms with Gasteiger partial charge < -0.3 is 9.47 Å². The number of methoxy groups -OCH3 is 2. The quantitative estimate of drug-likeness (QED) is 0.807. The molecule has 0 amide bonds. The molecule has 0 unspecified atom stereocenters. The van der Waals surface area contributed by atoms with Crippen molar-refractivity contribution >= 4 is 5.97 Å². The number of rotatable bonds is 4. The Hall–Kier alpha value is -2.36. The summed E-state index contributed by atoms with van der Waals surface area (Å²) in [5.41, 5.74) is 4.33. The van der Waals surface area contributed by atoms with E-state index in [1.54, 1.807) is 13.2 Å². The highest BCUT2D eigenvalue weighted by molar-refractivity contribution is 5.89. The van der Waals surface area contributed by atoms with Crippen LogP contribution in [-0.4, -0.2) is 25.2 Å². The highest BCUT2D eigenvalue weighted by Crippen LogP contribution is 2.43. The van der Waals surface area contributed by atoms with E-state index in [-0.39, 0.29) is 0 Å². The zero-order valence-corrected chi connectivity index (χ0v) is 13.1. The molecular weight excluding hydrogens is 278 g/mol. The monoisotopic (exact) mass is 297 g/mol. The minimum atomic E-state index is -0.428. The lowest BCUT2D eigenvalue weighted by molar-refractivity contribution is 0.0594. The number of ether oxygens (including phenoxy) is 2. The largest absolute Gasteiger partial charge is 0.496 e. The molecule has 2 aromatic rings. The van der Waals surface area contributed by atoms with Crippen LogP contribution in [0, 0.1) is 6.92 Å². The number of carbonyl (C=O) groups is 1. The van der Waals surface area contributed by atoms with Crippen molar-refractivity contribution in [3.8, 4) is 16.9 Å². The first kappa shape index (κ1) is 14.6. The molecule has 1 aromatic heterocycles. The number of pyridine rings is 1. The maximum Gasteiger partial charge on any atom is 0.356 e. The van der Waals surface area contributed by atoms with Crippen molar-refractivity contribution in [2.24, 2.45) is 0 Å². The van der Waals surface area contributed by atoms with Crippen molar-refractivity contribution in [3.05, 3.63) is 47.3 Å². The van der Waals surface area contributed by atoms with Crippen molar-refractivity contribution < 1.29 is 14.3 Å². The molecule has 0 spiro atoms. The van der Waals surface area contributed by atoms with Crippen LogP contribution < -0.4 is 4.74 Å². The first-order chi connectivity index (χ1) is 10.6. The van der Waals surface area contributed by atoms with Crippen molar-refractivity contribution in [1.82, 2.24) is 4.98 Å². The van der Waals surface area contributed by atoms with Crippen LogP contribution in [0.1, 0.15) is 40.5 Å². The van der Waals surface area contributed by atoms with E-state index in [1.165, 1.54) is 25.5 Å². The number of aromatic nitrogens is 1. The van der Waals surface area contributed by atoms with Gasteiger partial charge in [0.15, 0.2) is 0 Å². The summed E-state index contributed by atoms with van der Waals surface area (Å²) in [5.74, 6) is 1.03. The maximum absolute atomic E-state index is 11.8. The van der Waals surface area contributed by atoms with Gasteiger partial charge in [-0.05, 0) is 61.1 Å². The number of aryl methyl sites for hydroxylation is 1. The lowest BCUT2D eigenvalue weighted by Gasteiger charge is -2.12. The molecule has 4 heteroatoms. The Morgan fingerprint density at radius 3 is 2.59 bits per heavy atom. The van der Waals surface area contributed by atoms with Crippen LogP contribution in [0.25, 0.3) is 11.1 Å². The Kier molecular flexibility index (Phi) is 3.84.